The number of benzene rings is 1. The second-order valence-electron chi connectivity index (χ2n) is 5.81. The topological polar surface area (TPSA) is 91.3 Å². The van der Waals surface area contributed by atoms with E-state index in [0.717, 1.165) is 4.57 Å². The fraction of sp³-hybridized carbons (Fsp3) is 0.312. The number of aromatic nitrogens is 4. The summed E-state index contributed by atoms with van der Waals surface area (Å²) < 4.78 is 9.26. The molecule has 0 spiro atoms. The lowest BCUT2D eigenvalue weighted by molar-refractivity contribution is 0.0934. The molecule has 10 heteroatoms. The maximum atomic E-state index is 12.4. The lowest BCUT2D eigenvalue weighted by atomic mass is 10.3. The van der Waals surface area contributed by atoms with Crippen molar-refractivity contribution in [2.24, 2.45) is 14.1 Å². The molecule has 26 heavy (non-hydrogen) atoms. The zero-order chi connectivity index (χ0) is 19.0. The average Bonchev–Trinajstić information content (AvgIpc) is 3.02. The first-order valence-electron chi connectivity index (χ1n) is 7.66. The Kier molecular flexibility index (Phi) is 5.08. The number of aliphatic hydroxyl groups is 1. The lowest BCUT2D eigenvalue weighted by Crippen LogP contribution is -2.38. The zero-order valence-electron chi connectivity index (χ0n) is 14.0. The maximum absolute atomic E-state index is 12.4. The van der Waals surface area contributed by atoms with Gasteiger partial charge in [0.2, 0.25) is 0 Å². The van der Waals surface area contributed by atoms with Gasteiger partial charge in [-0.25, -0.2) is 9.78 Å². The summed E-state index contributed by atoms with van der Waals surface area (Å²) in [5.41, 5.74) is -0.461. The lowest BCUT2D eigenvalue weighted by Gasteiger charge is -2.14. The van der Waals surface area contributed by atoms with E-state index in [-0.39, 0.29) is 24.3 Å². The highest BCUT2D eigenvalue weighted by atomic mass is 35.5. The van der Waals surface area contributed by atoms with Gasteiger partial charge in [-0.1, -0.05) is 23.2 Å². The molecule has 138 valence electrons. The van der Waals surface area contributed by atoms with E-state index in [1.807, 2.05) is 0 Å². The quantitative estimate of drug-likeness (QED) is 0.696. The van der Waals surface area contributed by atoms with Gasteiger partial charge in [0.05, 0.1) is 17.9 Å². The monoisotopic (exact) mass is 398 g/mol. The molecule has 3 rings (SSSR count). The van der Waals surface area contributed by atoms with Crippen molar-refractivity contribution < 1.29 is 9.84 Å². The maximum Gasteiger partial charge on any atom is 0.332 e. The number of fused-ring (bicyclic) bond motifs is 1. The summed E-state index contributed by atoms with van der Waals surface area (Å²) in [5.74, 6) is 0.354. The Bertz CT molecular complexity index is 1090. The van der Waals surface area contributed by atoms with Crippen LogP contribution in [0.25, 0.3) is 11.2 Å². The third kappa shape index (κ3) is 3.35. The summed E-state index contributed by atoms with van der Waals surface area (Å²) in [7, 11) is 2.92. The number of imidazole rings is 1. The summed E-state index contributed by atoms with van der Waals surface area (Å²) in [6.07, 6.45) is 0.463. The minimum absolute atomic E-state index is 0.0577. The van der Waals surface area contributed by atoms with Crippen LogP contribution < -0.4 is 16.0 Å². The zero-order valence-corrected chi connectivity index (χ0v) is 15.5. The molecule has 0 amide bonds. The van der Waals surface area contributed by atoms with E-state index < -0.39 is 17.4 Å². The van der Waals surface area contributed by atoms with Crippen LogP contribution in [0.4, 0.5) is 0 Å². The van der Waals surface area contributed by atoms with Crippen molar-refractivity contribution in [3.05, 3.63) is 55.4 Å². The summed E-state index contributed by atoms with van der Waals surface area (Å²) >= 11 is 11.9. The molecule has 1 atom stereocenters. The molecule has 0 saturated carbocycles. The molecule has 0 aliphatic rings. The van der Waals surface area contributed by atoms with E-state index >= 15 is 0 Å². The molecule has 0 bridgehead atoms. The van der Waals surface area contributed by atoms with Crippen LogP contribution >= 0.6 is 23.2 Å². The molecule has 8 nitrogen and oxygen atoms in total. The molecular formula is C16H16Cl2N4O4. The van der Waals surface area contributed by atoms with Gasteiger partial charge in [-0.2, -0.15) is 0 Å². The molecular weight excluding hydrogens is 383 g/mol. The van der Waals surface area contributed by atoms with Crippen molar-refractivity contribution in [3.63, 3.8) is 0 Å². The summed E-state index contributed by atoms with van der Waals surface area (Å²) in [6.45, 7) is -0.00601. The molecule has 3 aromatic rings. The van der Waals surface area contributed by atoms with Crippen LogP contribution in [-0.4, -0.2) is 36.5 Å². The predicted molar refractivity (Wildman–Crippen MR) is 98.2 cm³/mol. The van der Waals surface area contributed by atoms with E-state index in [2.05, 4.69) is 4.98 Å². The van der Waals surface area contributed by atoms with Crippen LogP contribution in [0.1, 0.15) is 0 Å². The molecule has 1 N–H and O–H groups in total. The average molecular weight is 399 g/mol. The number of aliphatic hydroxyl groups excluding tert-OH is 1. The summed E-state index contributed by atoms with van der Waals surface area (Å²) in [6, 6.07) is 4.78. The van der Waals surface area contributed by atoms with E-state index in [0.29, 0.717) is 15.8 Å². The molecule has 0 radical (unpaired) electrons. The Morgan fingerprint density at radius 2 is 1.96 bits per heavy atom. The number of ether oxygens (including phenoxy) is 1. The largest absolute Gasteiger partial charge is 0.489 e. The Morgan fingerprint density at radius 1 is 1.23 bits per heavy atom. The van der Waals surface area contributed by atoms with Gasteiger partial charge < -0.3 is 14.4 Å². The minimum Gasteiger partial charge on any atom is -0.489 e. The van der Waals surface area contributed by atoms with Crippen LogP contribution in [-0.2, 0) is 20.6 Å². The summed E-state index contributed by atoms with van der Waals surface area (Å²) in [5, 5.41) is 11.1. The molecule has 2 aromatic heterocycles. The van der Waals surface area contributed by atoms with E-state index in [9.17, 15) is 14.7 Å². The third-order valence-corrected chi connectivity index (χ3v) is 4.50. The normalized spacial score (nSPS) is 12.5. The molecule has 0 saturated heterocycles. The van der Waals surface area contributed by atoms with Crippen molar-refractivity contribution in [3.8, 4) is 5.75 Å². The van der Waals surface area contributed by atoms with E-state index in [1.54, 1.807) is 18.2 Å². The van der Waals surface area contributed by atoms with E-state index in [4.69, 9.17) is 27.9 Å². The van der Waals surface area contributed by atoms with Crippen molar-refractivity contribution in [2.45, 2.75) is 12.6 Å². The third-order valence-electron chi connectivity index (χ3n) is 3.95. The number of halogens is 2. The van der Waals surface area contributed by atoms with Crippen LogP contribution in [0.2, 0.25) is 10.0 Å². The van der Waals surface area contributed by atoms with Crippen molar-refractivity contribution in [1.29, 1.82) is 0 Å². The van der Waals surface area contributed by atoms with Gasteiger partial charge in [0.25, 0.3) is 5.56 Å². The number of nitrogens with zero attached hydrogens (tertiary/aromatic N) is 4. The predicted octanol–water partition coefficient (Wildman–Crippen LogP) is 1.18. The van der Waals surface area contributed by atoms with Crippen molar-refractivity contribution >= 4 is 34.4 Å². The highest BCUT2D eigenvalue weighted by molar-refractivity contribution is 6.34. The Balaban J connectivity index is 1.82. The minimum atomic E-state index is -0.940. The Morgan fingerprint density at radius 3 is 2.69 bits per heavy atom. The molecule has 1 aromatic carbocycles. The first-order chi connectivity index (χ1) is 12.3. The Labute approximate surface area is 157 Å². The number of hydrogen-bond donors (Lipinski definition) is 1. The molecule has 2 heterocycles. The van der Waals surface area contributed by atoms with Crippen LogP contribution in [0, 0.1) is 0 Å². The van der Waals surface area contributed by atoms with Gasteiger partial charge in [-0.15, -0.1) is 0 Å². The first kappa shape index (κ1) is 18.5. The SMILES string of the molecule is Cn1c(=O)c2c(ncn2C[C@H](O)COc2cc(Cl)ccc2Cl)n(C)c1=O. The Hall–Kier alpha value is -2.29. The second kappa shape index (κ2) is 7.14. The van der Waals surface area contributed by atoms with Gasteiger partial charge in [0, 0.05) is 25.2 Å². The number of rotatable bonds is 5. The van der Waals surface area contributed by atoms with Gasteiger partial charge >= 0.3 is 5.69 Å². The van der Waals surface area contributed by atoms with Gasteiger partial charge in [-0.05, 0) is 12.1 Å². The van der Waals surface area contributed by atoms with Crippen molar-refractivity contribution in [1.82, 2.24) is 18.7 Å². The second-order valence-corrected chi connectivity index (χ2v) is 6.66. The standard InChI is InChI=1S/C16H16Cl2N4O4/c1-20-14-13(15(24)21(2)16(20)25)22(8-19-14)6-10(23)7-26-12-5-9(17)3-4-11(12)18/h3-5,8,10,23H,6-7H2,1-2H3/t10-/m0/s1. The fourth-order valence-corrected chi connectivity index (χ4v) is 2.92. The molecule has 0 aliphatic heterocycles. The highest BCUT2D eigenvalue weighted by Crippen LogP contribution is 2.27. The molecule has 0 fully saturated rings. The highest BCUT2D eigenvalue weighted by Gasteiger charge is 2.17. The smallest absolute Gasteiger partial charge is 0.332 e. The van der Waals surface area contributed by atoms with E-state index in [1.165, 1.54) is 29.6 Å². The fourth-order valence-electron chi connectivity index (χ4n) is 2.59. The van der Waals surface area contributed by atoms with Crippen LogP contribution in [0.5, 0.6) is 5.75 Å². The molecule has 0 aliphatic carbocycles. The number of hydrogen-bond acceptors (Lipinski definition) is 5. The van der Waals surface area contributed by atoms with Gasteiger partial charge in [0.15, 0.2) is 11.2 Å². The van der Waals surface area contributed by atoms with Gasteiger partial charge in [-0.3, -0.25) is 13.9 Å². The van der Waals surface area contributed by atoms with Crippen molar-refractivity contribution in [2.75, 3.05) is 6.61 Å². The van der Waals surface area contributed by atoms with Crippen LogP contribution in [0.3, 0.4) is 0 Å². The summed E-state index contributed by atoms with van der Waals surface area (Å²) in [4.78, 5) is 28.4. The number of aryl methyl sites for hydroxylation is 1. The van der Waals surface area contributed by atoms with Gasteiger partial charge in [0.1, 0.15) is 18.5 Å². The van der Waals surface area contributed by atoms with Crippen LogP contribution in [0.15, 0.2) is 34.1 Å². The molecule has 0 unspecified atom stereocenters. The first-order valence-corrected chi connectivity index (χ1v) is 8.42.